The summed E-state index contributed by atoms with van der Waals surface area (Å²) in [6.45, 7) is 5.38. The van der Waals surface area contributed by atoms with Crippen LogP contribution in [-0.4, -0.2) is 39.1 Å². The van der Waals surface area contributed by atoms with Gasteiger partial charge in [0.15, 0.2) is 0 Å². The zero-order chi connectivity index (χ0) is 25.4. The summed E-state index contributed by atoms with van der Waals surface area (Å²) < 4.78 is 1.84. The topological polar surface area (TPSA) is 96.3 Å². The first-order valence-corrected chi connectivity index (χ1v) is 11.8. The Labute approximate surface area is 208 Å². The molecule has 4 aromatic rings. The second kappa shape index (κ2) is 8.96. The predicted molar refractivity (Wildman–Crippen MR) is 136 cm³/mol. The summed E-state index contributed by atoms with van der Waals surface area (Å²) in [4.78, 5) is 39.8. The minimum Gasteiger partial charge on any atom is -0.350 e. The Morgan fingerprint density at radius 3 is 2.42 bits per heavy atom. The number of urea groups is 1. The normalized spacial score (nSPS) is 17.5. The molecule has 8 nitrogen and oxygen atoms in total. The number of aromatic nitrogens is 2. The van der Waals surface area contributed by atoms with E-state index in [0.29, 0.717) is 5.56 Å². The van der Waals surface area contributed by atoms with Crippen LogP contribution < -0.4 is 10.6 Å². The van der Waals surface area contributed by atoms with Crippen molar-refractivity contribution < 1.29 is 14.4 Å². The lowest BCUT2D eigenvalue weighted by atomic mass is 9.90. The fourth-order valence-electron chi connectivity index (χ4n) is 4.67. The van der Waals surface area contributed by atoms with Crippen molar-refractivity contribution in [2.45, 2.75) is 32.9 Å². The van der Waals surface area contributed by atoms with E-state index in [0.717, 1.165) is 38.3 Å². The molecule has 1 fully saturated rings. The molecule has 8 heteroatoms. The lowest BCUT2D eigenvalue weighted by Gasteiger charge is -2.22. The SMILES string of the molecule is Cc1nn(-c2ccccc2)c(C)c1CNC(=O)CN1C(=O)N[C@](C)(c2ccc3ccccc3c2)C1=O. The van der Waals surface area contributed by atoms with Gasteiger partial charge in [-0.25, -0.2) is 9.48 Å². The fraction of sp³-hybridized carbons (Fsp3) is 0.214. The van der Waals surface area contributed by atoms with Gasteiger partial charge in [0.05, 0.1) is 11.4 Å². The minimum atomic E-state index is -1.24. The molecule has 0 bridgehead atoms. The van der Waals surface area contributed by atoms with E-state index in [2.05, 4.69) is 15.7 Å². The maximum Gasteiger partial charge on any atom is 0.325 e. The van der Waals surface area contributed by atoms with E-state index in [1.54, 1.807) is 6.92 Å². The highest BCUT2D eigenvalue weighted by molar-refractivity contribution is 6.09. The van der Waals surface area contributed by atoms with Crippen LogP contribution in [0, 0.1) is 13.8 Å². The number of hydrogen-bond acceptors (Lipinski definition) is 4. The Morgan fingerprint density at radius 2 is 1.67 bits per heavy atom. The van der Waals surface area contributed by atoms with Crippen molar-refractivity contribution in [2.24, 2.45) is 0 Å². The molecular weight excluding hydrogens is 454 g/mol. The zero-order valence-corrected chi connectivity index (χ0v) is 20.4. The second-order valence-electron chi connectivity index (χ2n) is 9.18. The molecule has 1 aromatic heterocycles. The summed E-state index contributed by atoms with van der Waals surface area (Å²) in [5.74, 6) is -0.880. The molecule has 4 amide bonds. The van der Waals surface area contributed by atoms with Gasteiger partial charge in [0.1, 0.15) is 12.1 Å². The van der Waals surface area contributed by atoms with Crippen LogP contribution >= 0.6 is 0 Å². The Balaban J connectivity index is 1.28. The first kappa shape index (κ1) is 23.3. The van der Waals surface area contributed by atoms with Crippen molar-refractivity contribution in [3.63, 3.8) is 0 Å². The monoisotopic (exact) mass is 481 g/mol. The van der Waals surface area contributed by atoms with Gasteiger partial charge in [-0.15, -0.1) is 0 Å². The van der Waals surface area contributed by atoms with Crippen molar-refractivity contribution in [3.8, 4) is 5.69 Å². The molecule has 36 heavy (non-hydrogen) atoms. The van der Waals surface area contributed by atoms with Crippen LogP contribution in [0.25, 0.3) is 16.5 Å². The maximum absolute atomic E-state index is 13.3. The number of imide groups is 1. The lowest BCUT2D eigenvalue weighted by molar-refractivity contribution is -0.134. The standard InChI is InChI=1S/C28H27N5O3/c1-18-24(19(2)33(31-18)23-11-5-4-6-12-23)16-29-25(34)17-32-26(35)28(3,30-27(32)36)22-14-13-20-9-7-8-10-21(20)15-22/h4-15H,16-17H2,1-3H3,(H,29,34)(H,30,36)/t28-/m1/s1. The van der Waals surface area contributed by atoms with Gasteiger partial charge in [0.2, 0.25) is 5.91 Å². The Morgan fingerprint density at radius 1 is 0.972 bits per heavy atom. The molecule has 5 rings (SSSR count). The smallest absolute Gasteiger partial charge is 0.325 e. The molecular formula is C28H27N5O3. The second-order valence-corrected chi connectivity index (χ2v) is 9.18. The molecule has 0 aliphatic carbocycles. The quantitative estimate of drug-likeness (QED) is 0.410. The number of amides is 4. The van der Waals surface area contributed by atoms with Crippen LogP contribution in [0.4, 0.5) is 4.79 Å². The number of rotatable bonds is 6. The predicted octanol–water partition coefficient (Wildman–Crippen LogP) is 3.73. The largest absolute Gasteiger partial charge is 0.350 e. The van der Waals surface area contributed by atoms with E-state index in [1.165, 1.54) is 0 Å². The average Bonchev–Trinajstić information content (AvgIpc) is 3.29. The molecule has 1 saturated heterocycles. The van der Waals surface area contributed by atoms with Gasteiger partial charge in [0, 0.05) is 17.8 Å². The van der Waals surface area contributed by atoms with E-state index < -0.39 is 23.4 Å². The number of fused-ring (bicyclic) bond motifs is 1. The van der Waals surface area contributed by atoms with Crippen molar-refractivity contribution >= 4 is 28.6 Å². The van der Waals surface area contributed by atoms with Crippen molar-refractivity contribution in [1.29, 1.82) is 0 Å². The Hall–Kier alpha value is -4.46. The van der Waals surface area contributed by atoms with Gasteiger partial charge in [-0.3, -0.25) is 14.5 Å². The highest BCUT2D eigenvalue weighted by atomic mass is 16.2. The van der Waals surface area contributed by atoms with Crippen LogP contribution in [0.15, 0.2) is 72.8 Å². The van der Waals surface area contributed by atoms with Gasteiger partial charge >= 0.3 is 6.03 Å². The van der Waals surface area contributed by atoms with Crippen LogP contribution in [-0.2, 0) is 21.7 Å². The zero-order valence-electron chi connectivity index (χ0n) is 20.4. The summed E-state index contributed by atoms with van der Waals surface area (Å²) in [5.41, 5.74) is 2.97. The van der Waals surface area contributed by atoms with Gasteiger partial charge in [-0.1, -0.05) is 54.6 Å². The van der Waals surface area contributed by atoms with Crippen molar-refractivity contribution in [3.05, 3.63) is 95.3 Å². The van der Waals surface area contributed by atoms with Crippen molar-refractivity contribution in [2.75, 3.05) is 6.54 Å². The van der Waals surface area contributed by atoms with Crippen LogP contribution in [0.1, 0.15) is 29.4 Å². The summed E-state index contributed by atoms with van der Waals surface area (Å²) in [6.07, 6.45) is 0. The molecule has 2 N–H and O–H groups in total. The molecule has 1 aliphatic heterocycles. The van der Waals surface area contributed by atoms with Gasteiger partial charge < -0.3 is 10.6 Å². The average molecular weight is 482 g/mol. The molecule has 0 saturated carbocycles. The molecule has 0 unspecified atom stereocenters. The number of carbonyl (C=O) groups is 3. The molecule has 182 valence electrons. The number of carbonyl (C=O) groups excluding carboxylic acids is 3. The number of nitrogens with zero attached hydrogens (tertiary/aromatic N) is 3. The number of nitrogens with one attached hydrogen (secondary N) is 2. The third-order valence-corrected chi connectivity index (χ3v) is 6.81. The lowest BCUT2D eigenvalue weighted by Crippen LogP contribution is -2.43. The highest BCUT2D eigenvalue weighted by Crippen LogP contribution is 2.31. The first-order chi connectivity index (χ1) is 17.3. The summed E-state index contributed by atoms with van der Waals surface area (Å²) >= 11 is 0. The van der Waals surface area contributed by atoms with E-state index >= 15 is 0 Å². The van der Waals surface area contributed by atoms with Gasteiger partial charge in [-0.2, -0.15) is 5.10 Å². The molecule has 2 heterocycles. The van der Waals surface area contributed by atoms with Crippen molar-refractivity contribution in [1.82, 2.24) is 25.3 Å². The molecule has 3 aromatic carbocycles. The Bertz CT molecular complexity index is 1490. The molecule has 0 radical (unpaired) electrons. The van der Waals surface area contributed by atoms with Crippen LogP contribution in [0.3, 0.4) is 0 Å². The first-order valence-electron chi connectivity index (χ1n) is 11.8. The van der Waals surface area contributed by atoms with E-state index in [4.69, 9.17) is 0 Å². The Kier molecular flexibility index (Phi) is 5.80. The number of hydrogen-bond donors (Lipinski definition) is 2. The number of benzene rings is 3. The van der Waals surface area contributed by atoms with Gasteiger partial charge in [-0.05, 0) is 55.3 Å². The van der Waals surface area contributed by atoms with E-state index in [1.807, 2.05) is 91.3 Å². The van der Waals surface area contributed by atoms with Crippen LogP contribution in [0.2, 0.25) is 0 Å². The van der Waals surface area contributed by atoms with Crippen LogP contribution in [0.5, 0.6) is 0 Å². The third-order valence-electron chi connectivity index (χ3n) is 6.81. The number of para-hydroxylation sites is 1. The highest BCUT2D eigenvalue weighted by Gasteiger charge is 2.49. The van der Waals surface area contributed by atoms with Gasteiger partial charge in [0.25, 0.3) is 5.91 Å². The molecule has 0 spiro atoms. The summed E-state index contributed by atoms with van der Waals surface area (Å²) in [5, 5.41) is 12.2. The molecule has 1 aliphatic rings. The fourth-order valence-corrected chi connectivity index (χ4v) is 4.67. The number of aryl methyl sites for hydroxylation is 1. The maximum atomic E-state index is 13.3. The minimum absolute atomic E-state index is 0.245. The summed E-state index contributed by atoms with van der Waals surface area (Å²) in [7, 11) is 0. The van der Waals surface area contributed by atoms with E-state index in [9.17, 15) is 14.4 Å². The summed E-state index contributed by atoms with van der Waals surface area (Å²) in [6, 6.07) is 22.6. The molecule has 1 atom stereocenters. The third kappa shape index (κ3) is 4.00. The van der Waals surface area contributed by atoms with E-state index in [-0.39, 0.29) is 13.1 Å².